The van der Waals surface area contributed by atoms with Crippen LogP contribution in [0, 0.1) is 23.0 Å². The number of anilines is 1. The Morgan fingerprint density at radius 1 is 1.27 bits per heavy atom. The molecule has 1 saturated heterocycles. The van der Waals surface area contributed by atoms with Crippen molar-refractivity contribution in [2.75, 3.05) is 44.2 Å². The van der Waals surface area contributed by atoms with Crippen molar-refractivity contribution in [3.8, 4) is 6.07 Å². The molecule has 0 aromatic heterocycles. The molecule has 1 N–H and O–H groups in total. The molecule has 5 nitrogen and oxygen atoms in total. The topological polar surface area (TPSA) is 59.4 Å². The van der Waals surface area contributed by atoms with E-state index in [9.17, 15) is 13.6 Å². The lowest BCUT2D eigenvalue weighted by atomic mass is 10.1. The second kappa shape index (κ2) is 7.18. The van der Waals surface area contributed by atoms with Crippen molar-refractivity contribution in [3.05, 3.63) is 29.3 Å². The molecule has 0 saturated carbocycles. The zero-order chi connectivity index (χ0) is 16.1. The van der Waals surface area contributed by atoms with E-state index < -0.39 is 11.6 Å². The molecule has 1 aromatic carbocycles. The second-order valence-corrected chi connectivity index (χ2v) is 5.12. The van der Waals surface area contributed by atoms with E-state index in [1.165, 1.54) is 0 Å². The van der Waals surface area contributed by atoms with Crippen molar-refractivity contribution >= 4 is 11.6 Å². The summed E-state index contributed by atoms with van der Waals surface area (Å²) in [5.74, 6) is -1.51. The summed E-state index contributed by atoms with van der Waals surface area (Å²) in [5, 5.41) is 11.4. The highest BCUT2D eigenvalue weighted by Gasteiger charge is 2.23. The summed E-state index contributed by atoms with van der Waals surface area (Å²) < 4.78 is 28.0. The Labute approximate surface area is 128 Å². The van der Waals surface area contributed by atoms with E-state index in [2.05, 4.69) is 5.32 Å². The molecule has 1 aliphatic rings. The number of carbonyl (C=O) groups excluding carboxylic acids is 1. The molecule has 0 atom stereocenters. The van der Waals surface area contributed by atoms with Gasteiger partial charge in [0, 0.05) is 32.7 Å². The number of likely N-dealkylation sites (N-methyl/N-ethyl adjacent to an activating group) is 1. The number of nitrogens with zero attached hydrogens (tertiary/aromatic N) is 3. The Bertz CT molecular complexity index is 569. The summed E-state index contributed by atoms with van der Waals surface area (Å²) >= 11 is 0. The molecular formula is C15H18F2N4O. The van der Waals surface area contributed by atoms with E-state index in [-0.39, 0.29) is 17.2 Å². The zero-order valence-corrected chi connectivity index (χ0v) is 12.4. The average Bonchev–Trinajstić information content (AvgIpc) is 2.48. The van der Waals surface area contributed by atoms with E-state index in [1.54, 1.807) is 11.0 Å². The molecule has 0 radical (unpaired) electrons. The first-order valence-corrected chi connectivity index (χ1v) is 7.18. The maximum absolute atomic E-state index is 14.0. The van der Waals surface area contributed by atoms with Gasteiger partial charge in [0.1, 0.15) is 5.69 Å². The molecular weight excluding hydrogens is 290 g/mol. The molecule has 7 heteroatoms. The molecule has 0 unspecified atom stereocenters. The predicted octanol–water partition coefficient (Wildman–Crippen LogP) is 1.09. The number of halogens is 2. The lowest BCUT2D eigenvalue weighted by molar-refractivity contribution is -0.122. The van der Waals surface area contributed by atoms with Crippen LogP contribution < -0.4 is 10.2 Å². The van der Waals surface area contributed by atoms with Crippen LogP contribution in [0.25, 0.3) is 0 Å². The van der Waals surface area contributed by atoms with Gasteiger partial charge in [-0.15, -0.1) is 0 Å². The number of carbonyl (C=O) groups is 1. The van der Waals surface area contributed by atoms with Crippen LogP contribution in [0.1, 0.15) is 12.5 Å². The molecule has 0 bridgehead atoms. The van der Waals surface area contributed by atoms with E-state index in [4.69, 9.17) is 5.26 Å². The maximum atomic E-state index is 14.0. The fourth-order valence-electron chi connectivity index (χ4n) is 2.52. The van der Waals surface area contributed by atoms with Crippen molar-refractivity contribution in [1.29, 1.82) is 5.26 Å². The molecule has 1 heterocycles. The van der Waals surface area contributed by atoms with Gasteiger partial charge in [0.2, 0.25) is 5.91 Å². The van der Waals surface area contributed by atoms with Crippen LogP contribution in [0.4, 0.5) is 14.5 Å². The lowest BCUT2D eigenvalue weighted by Crippen LogP contribution is -2.50. The van der Waals surface area contributed by atoms with Gasteiger partial charge in [-0.2, -0.15) is 5.26 Å². The quantitative estimate of drug-likeness (QED) is 0.905. The number of rotatable bonds is 4. The number of hydrogen-bond acceptors (Lipinski definition) is 4. The smallest absolute Gasteiger partial charge is 0.234 e. The van der Waals surface area contributed by atoms with E-state index in [1.807, 2.05) is 11.8 Å². The Balaban J connectivity index is 2.00. The molecule has 1 amide bonds. The fraction of sp³-hybridized carbons (Fsp3) is 0.467. The maximum Gasteiger partial charge on any atom is 0.234 e. The fourth-order valence-corrected chi connectivity index (χ4v) is 2.52. The van der Waals surface area contributed by atoms with Gasteiger partial charge in [-0.1, -0.05) is 0 Å². The molecule has 2 rings (SSSR count). The highest BCUT2D eigenvalue weighted by molar-refractivity contribution is 5.78. The van der Waals surface area contributed by atoms with Crippen LogP contribution >= 0.6 is 0 Å². The van der Waals surface area contributed by atoms with E-state index in [0.29, 0.717) is 39.3 Å². The van der Waals surface area contributed by atoms with Crippen LogP contribution in [0.3, 0.4) is 0 Å². The van der Waals surface area contributed by atoms with Gasteiger partial charge in [0.05, 0.1) is 18.2 Å². The Morgan fingerprint density at radius 3 is 2.36 bits per heavy atom. The third-order valence-electron chi connectivity index (χ3n) is 3.58. The number of benzene rings is 1. The van der Waals surface area contributed by atoms with Crippen molar-refractivity contribution in [3.63, 3.8) is 0 Å². The highest BCUT2D eigenvalue weighted by atomic mass is 19.1. The summed E-state index contributed by atoms with van der Waals surface area (Å²) in [6.45, 7) is 4.69. The van der Waals surface area contributed by atoms with Crippen LogP contribution in [-0.2, 0) is 4.79 Å². The summed E-state index contributed by atoms with van der Waals surface area (Å²) in [6.07, 6.45) is 0. The van der Waals surface area contributed by atoms with E-state index >= 15 is 0 Å². The number of nitriles is 1. The first kappa shape index (κ1) is 16.2. The third-order valence-corrected chi connectivity index (χ3v) is 3.58. The SMILES string of the molecule is CCNC(=O)CN1CCN(c2c(F)cc(C#N)cc2F)CC1. The molecule has 118 valence electrons. The van der Waals surface area contributed by atoms with Crippen molar-refractivity contribution < 1.29 is 13.6 Å². The van der Waals surface area contributed by atoms with Gasteiger partial charge in [0.25, 0.3) is 0 Å². The average molecular weight is 308 g/mol. The first-order valence-electron chi connectivity index (χ1n) is 7.18. The number of hydrogen-bond donors (Lipinski definition) is 1. The van der Waals surface area contributed by atoms with Crippen LogP contribution in [-0.4, -0.2) is 50.1 Å². The molecule has 1 aromatic rings. The first-order chi connectivity index (χ1) is 10.5. The highest BCUT2D eigenvalue weighted by Crippen LogP contribution is 2.25. The van der Waals surface area contributed by atoms with Crippen molar-refractivity contribution in [2.24, 2.45) is 0 Å². The van der Waals surface area contributed by atoms with Gasteiger partial charge < -0.3 is 10.2 Å². The monoisotopic (exact) mass is 308 g/mol. The number of piperazine rings is 1. The number of nitrogens with one attached hydrogen (secondary N) is 1. The Morgan fingerprint density at radius 2 is 1.86 bits per heavy atom. The predicted molar refractivity (Wildman–Crippen MR) is 78.4 cm³/mol. The molecule has 22 heavy (non-hydrogen) atoms. The Hall–Kier alpha value is -2.20. The molecule has 1 aliphatic heterocycles. The minimum Gasteiger partial charge on any atom is -0.364 e. The third kappa shape index (κ3) is 3.71. The standard InChI is InChI=1S/C15H18F2N4O/c1-2-19-14(22)10-20-3-5-21(6-4-20)15-12(16)7-11(9-18)8-13(15)17/h7-8H,2-6,10H2,1H3,(H,19,22). The molecule has 0 aliphatic carbocycles. The van der Waals surface area contributed by atoms with Gasteiger partial charge in [-0.05, 0) is 19.1 Å². The molecule has 1 fully saturated rings. The number of amides is 1. The normalized spacial score (nSPS) is 15.5. The summed E-state index contributed by atoms with van der Waals surface area (Å²) in [6, 6.07) is 3.81. The lowest BCUT2D eigenvalue weighted by Gasteiger charge is -2.35. The van der Waals surface area contributed by atoms with Gasteiger partial charge in [-0.25, -0.2) is 8.78 Å². The van der Waals surface area contributed by atoms with E-state index in [0.717, 1.165) is 12.1 Å². The van der Waals surface area contributed by atoms with Gasteiger partial charge in [0.15, 0.2) is 11.6 Å². The molecule has 0 spiro atoms. The second-order valence-electron chi connectivity index (χ2n) is 5.12. The largest absolute Gasteiger partial charge is 0.364 e. The van der Waals surface area contributed by atoms with Gasteiger partial charge >= 0.3 is 0 Å². The Kier molecular flexibility index (Phi) is 5.28. The van der Waals surface area contributed by atoms with Crippen molar-refractivity contribution in [1.82, 2.24) is 10.2 Å². The van der Waals surface area contributed by atoms with Gasteiger partial charge in [-0.3, -0.25) is 9.69 Å². The van der Waals surface area contributed by atoms with Crippen molar-refractivity contribution in [2.45, 2.75) is 6.92 Å². The van der Waals surface area contributed by atoms with Crippen LogP contribution in [0.5, 0.6) is 0 Å². The summed E-state index contributed by atoms with van der Waals surface area (Å²) in [5.41, 5.74) is -0.134. The van der Waals surface area contributed by atoms with Crippen LogP contribution in [0.2, 0.25) is 0 Å². The summed E-state index contributed by atoms with van der Waals surface area (Å²) in [4.78, 5) is 15.1. The van der Waals surface area contributed by atoms with Crippen LogP contribution in [0.15, 0.2) is 12.1 Å². The summed E-state index contributed by atoms with van der Waals surface area (Å²) in [7, 11) is 0. The minimum atomic E-state index is -0.728. The zero-order valence-electron chi connectivity index (χ0n) is 12.4. The minimum absolute atomic E-state index is 0.0337.